The van der Waals surface area contributed by atoms with E-state index in [-0.39, 0.29) is 17.7 Å². The minimum atomic E-state index is -4.86. The van der Waals surface area contributed by atoms with Crippen LogP contribution in [0.5, 0.6) is 5.75 Å². The van der Waals surface area contributed by atoms with Crippen LogP contribution in [0.3, 0.4) is 0 Å². The van der Waals surface area contributed by atoms with Gasteiger partial charge in [0.1, 0.15) is 35.6 Å². The summed E-state index contributed by atoms with van der Waals surface area (Å²) in [5.74, 6) is -2.32. The fraction of sp³-hybridized carbons (Fsp3) is 0.208. The molecule has 0 saturated carbocycles. The summed E-state index contributed by atoms with van der Waals surface area (Å²) in [6, 6.07) is 9.26. The van der Waals surface area contributed by atoms with Gasteiger partial charge < -0.3 is 14.4 Å². The van der Waals surface area contributed by atoms with E-state index in [1.54, 1.807) is 0 Å². The third kappa shape index (κ3) is 5.13. The Morgan fingerprint density at radius 2 is 1.81 bits per heavy atom. The zero-order chi connectivity index (χ0) is 26.1. The Balaban J connectivity index is 1.76. The Labute approximate surface area is 201 Å². The van der Waals surface area contributed by atoms with Gasteiger partial charge in [0.15, 0.2) is 0 Å². The first-order chi connectivity index (χ1) is 17.0. The third-order valence-electron chi connectivity index (χ3n) is 5.75. The van der Waals surface area contributed by atoms with Gasteiger partial charge >= 0.3 is 6.36 Å². The van der Waals surface area contributed by atoms with Crippen molar-refractivity contribution in [1.82, 2.24) is 19.3 Å². The second-order valence-electron chi connectivity index (χ2n) is 8.02. The first kappa shape index (κ1) is 25.0. The van der Waals surface area contributed by atoms with Crippen LogP contribution in [0.1, 0.15) is 18.5 Å². The fourth-order valence-electron chi connectivity index (χ4n) is 3.95. The average Bonchev–Trinajstić information content (AvgIpc) is 3.31. The quantitative estimate of drug-likeness (QED) is 0.375. The van der Waals surface area contributed by atoms with Crippen molar-refractivity contribution >= 4 is 0 Å². The van der Waals surface area contributed by atoms with Crippen LogP contribution >= 0.6 is 0 Å². The lowest BCUT2D eigenvalue weighted by Crippen LogP contribution is -2.43. The van der Waals surface area contributed by atoms with Crippen LogP contribution in [0.2, 0.25) is 0 Å². The monoisotopic (exact) mass is 506 g/mol. The van der Waals surface area contributed by atoms with E-state index in [2.05, 4.69) is 14.8 Å². The SMILES string of the molecule is C[C@@H](n1cccc(-c2ccc(OC(F)(F)F)cc2)c1=O)[C@](O)(Cn1cncn1)c1ccc(F)cc1F. The van der Waals surface area contributed by atoms with Gasteiger partial charge in [-0.1, -0.05) is 18.2 Å². The number of aromatic nitrogens is 4. The molecule has 1 N–H and O–H groups in total. The standard InChI is InChI=1S/C24H19F5N4O3/c1-15(23(35,12-32-14-30-13-31-32)20-9-6-17(25)11-21(20)26)33-10-2-3-19(22(33)34)16-4-7-18(8-5-16)36-24(27,28)29/h2-11,13-15,35H,12H2,1H3/t15-,23-/m1/s1. The lowest BCUT2D eigenvalue weighted by molar-refractivity contribution is -0.274. The summed E-state index contributed by atoms with van der Waals surface area (Å²) in [4.78, 5) is 17.2. The van der Waals surface area contributed by atoms with Crippen LogP contribution < -0.4 is 10.3 Å². The highest BCUT2D eigenvalue weighted by Crippen LogP contribution is 2.36. The van der Waals surface area contributed by atoms with Crippen molar-refractivity contribution < 1.29 is 31.8 Å². The Morgan fingerprint density at radius 3 is 2.42 bits per heavy atom. The normalized spacial score (nSPS) is 14.3. The van der Waals surface area contributed by atoms with E-state index in [0.717, 1.165) is 28.8 Å². The number of ether oxygens (including phenoxy) is 1. The smallest absolute Gasteiger partial charge is 0.406 e. The van der Waals surface area contributed by atoms with Gasteiger partial charge in [-0.2, -0.15) is 5.10 Å². The third-order valence-corrected chi connectivity index (χ3v) is 5.75. The molecule has 2 heterocycles. The summed E-state index contributed by atoms with van der Waals surface area (Å²) >= 11 is 0. The number of hydrogen-bond donors (Lipinski definition) is 1. The molecule has 0 spiro atoms. The Morgan fingerprint density at radius 1 is 1.08 bits per heavy atom. The molecule has 2 aromatic carbocycles. The zero-order valence-electron chi connectivity index (χ0n) is 18.7. The lowest BCUT2D eigenvalue weighted by Gasteiger charge is -2.36. The molecule has 4 aromatic rings. The maximum Gasteiger partial charge on any atom is 0.573 e. The number of nitrogens with zero attached hydrogens (tertiary/aromatic N) is 4. The second kappa shape index (κ2) is 9.53. The Bertz CT molecular complexity index is 1400. The predicted octanol–water partition coefficient (Wildman–Crippen LogP) is 4.43. The van der Waals surface area contributed by atoms with Gasteiger partial charge in [0.25, 0.3) is 5.56 Å². The highest BCUT2D eigenvalue weighted by molar-refractivity contribution is 5.63. The van der Waals surface area contributed by atoms with E-state index in [4.69, 9.17) is 0 Å². The van der Waals surface area contributed by atoms with Crippen LogP contribution in [-0.2, 0) is 12.1 Å². The molecule has 4 rings (SSSR count). The van der Waals surface area contributed by atoms with Crippen LogP contribution in [0.4, 0.5) is 22.0 Å². The summed E-state index contributed by atoms with van der Waals surface area (Å²) < 4.78 is 72.0. The molecule has 0 unspecified atom stereocenters. The largest absolute Gasteiger partial charge is 0.573 e. The zero-order valence-corrected chi connectivity index (χ0v) is 18.7. The Kier molecular flexibility index (Phi) is 6.63. The van der Waals surface area contributed by atoms with E-state index in [1.165, 1.54) is 54.7 Å². The van der Waals surface area contributed by atoms with E-state index < -0.39 is 40.9 Å². The molecule has 0 saturated heterocycles. The lowest BCUT2D eigenvalue weighted by atomic mass is 9.86. The molecule has 2 atom stereocenters. The molecule has 188 valence electrons. The molecule has 0 aliphatic rings. The van der Waals surface area contributed by atoms with Crippen molar-refractivity contribution in [3.05, 3.63) is 101 Å². The molecule has 7 nitrogen and oxygen atoms in total. The van der Waals surface area contributed by atoms with Crippen molar-refractivity contribution in [3.8, 4) is 16.9 Å². The number of alkyl halides is 3. The van der Waals surface area contributed by atoms with Crippen molar-refractivity contribution in [2.24, 2.45) is 0 Å². The molecule has 36 heavy (non-hydrogen) atoms. The molecule has 0 radical (unpaired) electrons. The Hall–Kier alpha value is -4.06. The maximum atomic E-state index is 14.8. The first-order valence-corrected chi connectivity index (χ1v) is 10.6. The molecule has 2 aromatic heterocycles. The molecule has 0 aliphatic carbocycles. The fourth-order valence-corrected chi connectivity index (χ4v) is 3.95. The topological polar surface area (TPSA) is 82.2 Å². The highest BCUT2D eigenvalue weighted by atomic mass is 19.4. The van der Waals surface area contributed by atoms with Gasteiger partial charge in [0.2, 0.25) is 0 Å². The van der Waals surface area contributed by atoms with Gasteiger partial charge in [-0.3, -0.25) is 4.79 Å². The van der Waals surface area contributed by atoms with E-state index >= 15 is 0 Å². The maximum absolute atomic E-state index is 14.8. The van der Waals surface area contributed by atoms with E-state index in [1.807, 2.05) is 0 Å². The number of halogens is 5. The molecule has 12 heteroatoms. The van der Waals surface area contributed by atoms with Gasteiger partial charge in [0.05, 0.1) is 12.6 Å². The van der Waals surface area contributed by atoms with Crippen molar-refractivity contribution in [3.63, 3.8) is 0 Å². The van der Waals surface area contributed by atoms with Crippen molar-refractivity contribution in [2.75, 3.05) is 0 Å². The summed E-state index contributed by atoms with van der Waals surface area (Å²) in [6.07, 6.45) is -0.972. The summed E-state index contributed by atoms with van der Waals surface area (Å²) in [5, 5.41) is 15.7. The summed E-state index contributed by atoms with van der Waals surface area (Å²) in [7, 11) is 0. The predicted molar refractivity (Wildman–Crippen MR) is 118 cm³/mol. The van der Waals surface area contributed by atoms with E-state index in [9.17, 15) is 31.9 Å². The average molecular weight is 506 g/mol. The second-order valence-corrected chi connectivity index (χ2v) is 8.02. The molecule has 0 bridgehead atoms. The number of benzene rings is 2. The molecular weight excluding hydrogens is 487 g/mol. The summed E-state index contributed by atoms with van der Waals surface area (Å²) in [6.45, 7) is 1.15. The van der Waals surface area contributed by atoms with Gasteiger partial charge in [-0.15, -0.1) is 13.2 Å². The van der Waals surface area contributed by atoms with Gasteiger partial charge in [0, 0.05) is 23.4 Å². The highest BCUT2D eigenvalue weighted by Gasteiger charge is 2.41. The molecule has 0 fully saturated rings. The number of rotatable bonds is 7. The molecule has 0 aliphatic heterocycles. The van der Waals surface area contributed by atoms with Gasteiger partial charge in [-0.05, 0) is 42.8 Å². The van der Waals surface area contributed by atoms with Crippen LogP contribution in [0, 0.1) is 11.6 Å². The first-order valence-electron chi connectivity index (χ1n) is 10.6. The van der Waals surface area contributed by atoms with E-state index in [0.29, 0.717) is 11.6 Å². The number of pyridine rings is 1. The number of hydrogen-bond acceptors (Lipinski definition) is 5. The van der Waals surface area contributed by atoms with Crippen molar-refractivity contribution in [1.29, 1.82) is 0 Å². The minimum Gasteiger partial charge on any atom is -0.406 e. The van der Waals surface area contributed by atoms with Gasteiger partial charge in [-0.25, -0.2) is 18.4 Å². The van der Waals surface area contributed by atoms with Crippen LogP contribution in [-0.4, -0.2) is 30.8 Å². The van der Waals surface area contributed by atoms with Crippen molar-refractivity contribution in [2.45, 2.75) is 31.5 Å². The number of aliphatic hydroxyl groups is 1. The van der Waals surface area contributed by atoms with Crippen LogP contribution in [0.15, 0.2) is 78.2 Å². The summed E-state index contributed by atoms with van der Waals surface area (Å²) in [5.41, 5.74) is -2.54. The molecule has 0 amide bonds. The minimum absolute atomic E-state index is 0.116. The molecular formula is C24H19F5N4O3. The van der Waals surface area contributed by atoms with Crippen LogP contribution in [0.25, 0.3) is 11.1 Å².